The van der Waals surface area contributed by atoms with Crippen molar-refractivity contribution in [3.8, 4) is 5.75 Å². The molecule has 7 nitrogen and oxygen atoms in total. The zero-order chi connectivity index (χ0) is 14.5. The van der Waals surface area contributed by atoms with Crippen molar-refractivity contribution in [2.24, 2.45) is 0 Å². The van der Waals surface area contributed by atoms with Crippen molar-refractivity contribution in [2.45, 2.75) is 12.7 Å². The Morgan fingerprint density at radius 1 is 1.60 bits per heavy atom. The minimum atomic E-state index is -0.512. The van der Waals surface area contributed by atoms with Crippen LogP contribution in [0.5, 0.6) is 5.75 Å². The fourth-order valence-electron chi connectivity index (χ4n) is 2.08. The highest BCUT2D eigenvalue weighted by Gasteiger charge is 2.21. The lowest BCUT2D eigenvalue weighted by Gasteiger charge is -2.29. The van der Waals surface area contributed by atoms with E-state index in [1.54, 1.807) is 6.07 Å². The molecule has 0 saturated carbocycles. The summed E-state index contributed by atoms with van der Waals surface area (Å²) >= 11 is 0. The highest BCUT2D eigenvalue weighted by atomic mass is 16.6. The Morgan fingerprint density at radius 2 is 2.40 bits per heavy atom. The second-order valence-electron chi connectivity index (χ2n) is 4.78. The summed E-state index contributed by atoms with van der Waals surface area (Å²) < 4.78 is 11.0. The lowest BCUT2D eigenvalue weighted by molar-refractivity contribution is -0.386. The maximum Gasteiger partial charge on any atom is 0.311 e. The number of rotatable bonds is 5. The lowest BCUT2D eigenvalue weighted by Crippen LogP contribution is -2.42. The largest absolute Gasteiger partial charge is 0.484 e. The van der Waals surface area contributed by atoms with Gasteiger partial charge in [0.1, 0.15) is 12.7 Å². The molecule has 1 unspecified atom stereocenters. The van der Waals surface area contributed by atoms with E-state index in [9.17, 15) is 10.1 Å². The molecule has 1 saturated heterocycles. The molecule has 1 N–H and O–H groups in total. The minimum absolute atomic E-state index is 0.0918. The fraction of sp³-hybridized carbons (Fsp3) is 0.538. The van der Waals surface area contributed by atoms with Gasteiger partial charge >= 0.3 is 5.69 Å². The topological polar surface area (TPSA) is 85.1 Å². The molecule has 0 aliphatic carbocycles. The first-order valence-electron chi connectivity index (χ1n) is 6.41. The van der Waals surface area contributed by atoms with Gasteiger partial charge in [-0.3, -0.25) is 10.1 Å². The van der Waals surface area contributed by atoms with Crippen LogP contribution in [0.4, 0.5) is 5.69 Å². The van der Waals surface area contributed by atoms with E-state index in [0.717, 1.165) is 13.1 Å². The van der Waals surface area contributed by atoms with Gasteiger partial charge in [-0.1, -0.05) is 6.07 Å². The Labute approximate surface area is 116 Å². The molecule has 1 aliphatic heterocycles. The molecular formula is C13H18N2O5. The van der Waals surface area contributed by atoms with E-state index in [0.29, 0.717) is 12.2 Å². The van der Waals surface area contributed by atoms with Crippen LogP contribution < -0.4 is 4.74 Å². The summed E-state index contributed by atoms with van der Waals surface area (Å²) in [6, 6.07) is 4.44. The number of ether oxygens (including phenoxy) is 2. The number of nitro benzene ring substituents is 1. The van der Waals surface area contributed by atoms with Crippen LogP contribution in [-0.2, 0) is 11.3 Å². The number of hydrogen-bond donors (Lipinski definition) is 1. The van der Waals surface area contributed by atoms with Gasteiger partial charge in [0.25, 0.3) is 0 Å². The van der Waals surface area contributed by atoms with Crippen LogP contribution >= 0.6 is 0 Å². The van der Waals surface area contributed by atoms with Crippen LogP contribution in [0.1, 0.15) is 5.56 Å². The van der Waals surface area contributed by atoms with Gasteiger partial charge in [0.05, 0.1) is 18.1 Å². The second kappa shape index (κ2) is 6.65. The first-order chi connectivity index (χ1) is 9.60. The molecule has 0 radical (unpaired) electrons. The number of likely N-dealkylation sites (N-methyl/N-ethyl adjacent to an activating group) is 1. The minimum Gasteiger partial charge on any atom is -0.484 e. The molecule has 1 aromatic carbocycles. The van der Waals surface area contributed by atoms with Crippen LogP contribution in [0, 0.1) is 10.1 Å². The van der Waals surface area contributed by atoms with E-state index in [4.69, 9.17) is 14.6 Å². The van der Waals surface area contributed by atoms with Gasteiger partial charge in [-0.05, 0) is 18.7 Å². The zero-order valence-electron chi connectivity index (χ0n) is 11.3. The molecule has 1 aromatic rings. The van der Waals surface area contributed by atoms with Crippen molar-refractivity contribution >= 4 is 5.69 Å². The second-order valence-corrected chi connectivity index (χ2v) is 4.78. The van der Waals surface area contributed by atoms with Crippen LogP contribution in [0.3, 0.4) is 0 Å². The summed E-state index contributed by atoms with van der Waals surface area (Å²) in [5.74, 6) is 0.198. The van der Waals surface area contributed by atoms with E-state index in [1.807, 2.05) is 7.05 Å². The molecule has 7 heteroatoms. The van der Waals surface area contributed by atoms with E-state index in [-0.39, 0.29) is 30.8 Å². The Morgan fingerprint density at radius 3 is 3.05 bits per heavy atom. The maximum atomic E-state index is 11.0. The first-order valence-corrected chi connectivity index (χ1v) is 6.41. The van der Waals surface area contributed by atoms with Gasteiger partial charge in [0.15, 0.2) is 5.75 Å². The van der Waals surface area contributed by atoms with E-state index in [2.05, 4.69) is 4.90 Å². The van der Waals surface area contributed by atoms with Gasteiger partial charge in [-0.2, -0.15) is 0 Å². The summed E-state index contributed by atoms with van der Waals surface area (Å²) in [6.45, 7) is 2.28. The van der Waals surface area contributed by atoms with Crippen molar-refractivity contribution in [1.29, 1.82) is 0 Å². The first kappa shape index (κ1) is 14.7. The van der Waals surface area contributed by atoms with Gasteiger partial charge in [-0.25, -0.2) is 0 Å². The smallest absolute Gasteiger partial charge is 0.311 e. The van der Waals surface area contributed by atoms with E-state index in [1.165, 1.54) is 12.1 Å². The lowest BCUT2D eigenvalue weighted by atomic mass is 10.2. The number of nitro groups is 1. The van der Waals surface area contributed by atoms with Gasteiger partial charge < -0.3 is 19.5 Å². The van der Waals surface area contributed by atoms with Crippen LogP contribution in [0.15, 0.2) is 18.2 Å². The van der Waals surface area contributed by atoms with Crippen molar-refractivity contribution < 1.29 is 19.5 Å². The third-order valence-corrected chi connectivity index (χ3v) is 3.17. The van der Waals surface area contributed by atoms with Gasteiger partial charge in [0, 0.05) is 19.2 Å². The van der Waals surface area contributed by atoms with Crippen LogP contribution in [0.25, 0.3) is 0 Å². The Hall–Kier alpha value is -1.70. The molecule has 1 aliphatic rings. The standard InChI is InChI=1S/C13H18N2O5/c1-14-4-5-19-11(7-14)9-20-13-3-2-10(8-16)6-12(13)15(17)18/h2-3,6,11,16H,4-5,7-9H2,1H3. The highest BCUT2D eigenvalue weighted by molar-refractivity contribution is 5.48. The van der Waals surface area contributed by atoms with E-state index >= 15 is 0 Å². The number of nitrogens with zero attached hydrogens (tertiary/aromatic N) is 2. The monoisotopic (exact) mass is 282 g/mol. The molecular weight excluding hydrogens is 264 g/mol. The summed E-state index contributed by atoms with van der Waals surface area (Å²) in [5.41, 5.74) is 0.346. The van der Waals surface area contributed by atoms with Crippen LogP contribution in [-0.4, -0.2) is 54.4 Å². The molecule has 0 amide bonds. The fourth-order valence-corrected chi connectivity index (χ4v) is 2.08. The third kappa shape index (κ3) is 3.66. The molecule has 0 spiro atoms. The molecule has 1 heterocycles. The average molecular weight is 282 g/mol. The average Bonchev–Trinajstić information content (AvgIpc) is 2.45. The molecule has 20 heavy (non-hydrogen) atoms. The summed E-state index contributed by atoms with van der Waals surface area (Å²) in [6.07, 6.45) is -0.0918. The molecule has 0 aromatic heterocycles. The van der Waals surface area contributed by atoms with Gasteiger partial charge in [0.2, 0.25) is 0 Å². The number of morpholine rings is 1. The third-order valence-electron chi connectivity index (χ3n) is 3.17. The van der Waals surface area contributed by atoms with Gasteiger partial charge in [-0.15, -0.1) is 0 Å². The molecule has 110 valence electrons. The quantitative estimate of drug-likeness (QED) is 0.635. The number of hydrogen-bond acceptors (Lipinski definition) is 6. The molecule has 0 bridgehead atoms. The Balaban J connectivity index is 2.03. The Kier molecular flexibility index (Phi) is 4.89. The summed E-state index contributed by atoms with van der Waals surface area (Å²) in [4.78, 5) is 12.6. The van der Waals surface area contributed by atoms with Crippen molar-refractivity contribution in [2.75, 3.05) is 33.4 Å². The molecule has 2 rings (SSSR count). The Bertz CT molecular complexity index is 480. The van der Waals surface area contributed by atoms with Crippen molar-refractivity contribution in [3.05, 3.63) is 33.9 Å². The summed E-state index contributed by atoms with van der Waals surface area (Å²) in [5, 5.41) is 20.0. The zero-order valence-corrected chi connectivity index (χ0v) is 11.3. The predicted octanol–water partition coefficient (Wildman–Crippen LogP) is 0.796. The SMILES string of the molecule is CN1CCOC(COc2ccc(CO)cc2[N+](=O)[O-])C1. The maximum absolute atomic E-state index is 11.0. The molecule has 1 fully saturated rings. The summed E-state index contributed by atoms with van der Waals surface area (Å²) in [7, 11) is 1.99. The number of aliphatic hydroxyl groups excluding tert-OH is 1. The number of benzene rings is 1. The van der Waals surface area contributed by atoms with Crippen LogP contribution in [0.2, 0.25) is 0 Å². The molecule has 1 atom stereocenters. The van der Waals surface area contributed by atoms with E-state index < -0.39 is 4.92 Å². The van der Waals surface area contributed by atoms with Crippen molar-refractivity contribution in [3.63, 3.8) is 0 Å². The number of aliphatic hydroxyl groups is 1. The predicted molar refractivity (Wildman–Crippen MR) is 71.8 cm³/mol. The normalized spacial score (nSPS) is 19.8. The van der Waals surface area contributed by atoms with Crippen molar-refractivity contribution in [1.82, 2.24) is 4.90 Å². The highest BCUT2D eigenvalue weighted by Crippen LogP contribution is 2.28.